The standard InChI is InChI=1S/C16H22O2/c1-6-16(4,5)14-9-7-13(8-10-14)11-18-15(17)12(2)3/h7-10H,2,6,11H2,1,3-5H3. The molecule has 0 radical (unpaired) electrons. The quantitative estimate of drug-likeness (QED) is 0.580. The molecule has 1 aromatic carbocycles. The van der Waals surface area contributed by atoms with E-state index in [1.807, 2.05) is 12.1 Å². The van der Waals surface area contributed by atoms with Crippen LogP contribution in [0.3, 0.4) is 0 Å². The van der Waals surface area contributed by atoms with Crippen LogP contribution in [0.5, 0.6) is 0 Å². The van der Waals surface area contributed by atoms with Crippen LogP contribution in [0.4, 0.5) is 0 Å². The van der Waals surface area contributed by atoms with Gasteiger partial charge in [-0.05, 0) is 29.9 Å². The smallest absolute Gasteiger partial charge is 0.333 e. The van der Waals surface area contributed by atoms with Crippen LogP contribution in [-0.2, 0) is 21.6 Å². The predicted molar refractivity (Wildman–Crippen MR) is 74.4 cm³/mol. The average Bonchev–Trinajstić information content (AvgIpc) is 2.36. The van der Waals surface area contributed by atoms with E-state index in [4.69, 9.17) is 4.74 Å². The fourth-order valence-electron chi connectivity index (χ4n) is 1.53. The maximum atomic E-state index is 11.3. The number of hydrogen-bond donors (Lipinski definition) is 0. The van der Waals surface area contributed by atoms with Crippen LogP contribution in [0.1, 0.15) is 45.2 Å². The highest BCUT2D eigenvalue weighted by Gasteiger charge is 2.17. The molecule has 1 aromatic rings. The Labute approximate surface area is 110 Å². The van der Waals surface area contributed by atoms with Gasteiger partial charge in [-0.3, -0.25) is 0 Å². The second-order valence-electron chi connectivity index (χ2n) is 5.29. The first-order valence-corrected chi connectivity index (χ1v) is 6.29. The van der Waals surface area contributed by atoms with Crippen molar-refractivity contribution in [2.45, 2.75) is 46.1 Å². The number of ether oxygens (including phenoxy) is 1. The van der Waals surface area contributed by atoms with Crippen LogP contribution in [0, 0.1) is 0 Å². The van der Waals surface area contributed by atoms with Crippen molar-refractivity contribution in [3.8, 4) is 0 Å². The molecule has 98 valence electrons. The number of hydrogen-bond acceptors (Lipinski definition) is 2. The van der Waals surface area contributed by atoms with Gasteiger partial charge in [-0.1, -0.05) is 51.6 Å². The molecule has 0 saturated carbocycles. The zero-order chi connectivity index (χ0) is 13.8. The summed E-state index contributed by atoms with van der Waals surface area (Å²) >= 11 is 0. The third-order valence-corrected chi connectivity index (χ3v) is 3.34. The third kappa shape index (κ3) is 3.73. The molecule has 0 spiro atoms. The molecule has 0 atom stereocenters. The first kappa shape index (κ1) is 14.5. The first-order valence-electron chi connectivity index (χ1n) is 6.29. The normalized spacial score (nSPS) is 11.1. The summed E-state index contributed by atoms with van der Waals surface area (Å²) in [6.45, 7) is 12.1. The molecule has 0 aliphatic heterocycles. The van der Waals surface area contributed by atoms with E-state index in [2.05, 4.69) is 39.5 Å². The van der Waals surface area contributed by atoms with Crippen molar-refractivity contribution in [3.05, 3.63) is 47.5 Å². The van der Waals surface area contributed by atoms with E-state index in [1.54, 1.807) is 6.92 Å². The lowest BCUT2D eigenvalue weighted by Gasteiger charge is -2.23. The topological polar surface area (TPSA) is 26.3 Å². The summed E-state index contributed by atoms with van der Waals surface area (Å²) in [4.78, 5) is 11.3. The van der Waals surface area contributed by atoms with E-state index in [0.29, 0.717) is 12.2 Å². The van der Waals surface area contributed by atoms with Gasteiger partial charge in [0.05, 0.1) is 0 Å². The summed E-state index contributed by atoms with van der Waals surface area (Å²) in [7, 11) is 0. The molecule has 0 amide bonds. The first-order chi connectivity index (χ1) is 8.36. The Morgan fingerprint density at radius 1 is 1.28 bits per heavy atom. The maximum absolute atomic E-state index is 11.3. The van der Waals surface area contributed by atoms with Gasteiger partial charge in [0.25, 0.3) is 0 Å². The molecule has 1 rings (SSSR count). The summed E-state index contributed by atoms with van der Waals surface area (Å²) < 4.78 is 5.10. The van der Waals surface area contributed by atoms with Crippen molar-refractivity contribution in [3.63, 3.8) is 0 Å². The van der Waals surface area contributed by atoms with Crippen LogP contribution >= 0.6 is 0 Å². The van der Waals surface area contributed by atoms with Crippen molar-refractivity contribution in [2.24, 2.45) is 0 Å². The molecular weight excluding hydrogens is 224 g/mol. The fourth-order valence-corrected chi connectivity index (χ4v) is 1.53. The second-order valence-corrected chi connectivity index (χ2v) is 5.29. The highest BCUT2D eigenvalue weighted by molar-refractivity contribution is 5.86. The number of carbonyl (C=O) groups is 1. The van der Waals surface area contributed by atoms with E-state index in [0.717, 1.165) is 12.0 Å². The molecule has 0 unspecified atom stereocenters. The lowest BCUT2D eigenvalue weighted by atomic mass is 9.82. The van der Waals surface area contributed by atoms with E-state index in [9.17, 15) is 4.79 Å². The van der Waals surface area contributed by atoms with Gasteiger partial charge in [-0.25, -0.2) is 4.79 Å². The van der Waals surface area contributed by atoms with E-state index < -0.39 is 0 Å². The molecule has 0 aliphatic carbocycles. The molecule has 0 bridgehead atoms. The van der Waals surface area contributed by atoms with Gasteiger partial charge < -0.3 is 4.74 Å². The van der Waals surface area contributed by atoms with Crippen LogP contribution in [0.2, 0.25) is 0 Å². The third-order valence-electron chi connectivity index (χ3n) is 3.34. The van der Waals surface area contributed by atoms with E-state index in [-0.39, 0.29) is 11.4 Å². The zero-order valence-corrected chi connectivity index (χ0v) is 11.7. The Bertz CT molecular complexity index is 427. The average molecular weight is 246 g/mol. The Balaban J connectivity index is 2.67. The molecular formula is C16H22O2. The molecule has 2 nitrogen and oxygen atoms in total. The van der Waals surface area contributed by atoms with Crippen molar-refractivity contribution in [1.29, 1.82) is 0 Å². The van der Waals surface area contributed by atoms with Gasteiger partial charge in [-0.2, -0.15) is 0 Å². The lowest BCUT2D eigenvalue weighted by Crippen LogP contribution is -2.15. The Morgan fingerprint density at radius 2 is 1.83 bits per heavy atom. The van der Waals surface area contributed by atoms with Crippen LogP contribution in [-0.4, -0.2) is 5.97 Å². The Morgan fingerprint density at radius 3 is 2.28 bits per heavy atom. The largest absolute Gasteiger partial charge is 0.457 e. The number of rotatable bonds is 5. The molecule has 0 N–H and O–H groups in total. The van der Waals surface area contributed by atoms with Crippen molar-refractivity contribution >= 4 is 5.97 Å². The van der Waals surface area contributed by atoms with Crippen molar-refractivity contribution in [1.82, 2.24) is 0 Å². The minimum absolute atomic E-state index is 0.187. The van der Waals surface area contributed by atoms with Gasteiger partial charge >= 0.3 is 5.97 Å². The van der Waals surface area contributed by atoms with Gasteiger partial charge in [0.1, 0.15) is 6.61 Å². The Hall–Kier alpha value is -1.57. The molecule has 0 aromatic heterocycles. The summed E-state index contributed by atoms with van der Waals surface area (Å²) in [6.07, 6.45) is 1.09. The number of esters is 1. The van der Waals surface area contributed by atoms with Gasteiger partial charge in [-0.15, -0.1) is 0 Å². The maximum Gasteiger partial charge on any atom is 0.333 e. The number of carbonyl (C=O) groups excluding carboxylic acids is 1. The van der Waals surface area contributed by atoms with Crippen molar-refractivity contribution < 1.29 is 9.53 Å². The summed E-state index contributed by atoms with van der Waals surface area (Å²) in [5, 5.41) is 0. The highest BCUT2D eigenvalue weighted by Crippen LogP contribution is 2.26. The van der Waals surface area contributed by atoms with E-state index in [1.165, 1.54) is 5.56 Å². The molecule has 0 fully saturated rings. The predicted octanol–water partition coefficient (Wildman–Crippen LogP) is 3.99. The van der Waals surface area contributed by atoms with Gasteiger partial charge in [0, 0.05) is 5.57 Å². The van der Waals surface area contributed by atoms with Crippen LogP contribution < -0.4 is 0 Å². The molecule has 0 saturated heterocycles. The van der Waals surface area contributed by atoms with Gasteiger partial charge in [0.15, 0.2) is 0 Å². The van der Waals surface area contributed by atoms with Gasteiger partial charge in [0.2, 0.25) is 0 Å². The van der Waals surface area contributed by atoms with Crippen molar-refractivity contribution in [2.75, 3.05) is 0 Å². The van der Waals surface area contributed by atoms with Crippen LogP contribution in [0.25, 0.3) is 0 Å². The monoisotopic (exact) mass is 246 g/mol. The molecule has 18 heavy (non-hydrogen) atoms. The molecule has 0 aliphatic rings. The summed E-state index contributed by atoms with van der Waals surface area (Å²) in [5.41, 5.74) is 2.92. The summed E-state index contributed by atoms with van der Waals surface area (Å²) in [5.74, 6) is -0.340. The zero-order valence-electron chi connectivity index (χ0n) is 11.7. The minimum Gasteiger partial charge on any atom is -0.457 e. The fraction of sp³-hybridized carbons (Fsp3) is 0.438. The van der Waals surface area contributed by atoms with E-state index >= 15 is 0 Å². The molecule has 2 heteroatoms. The SMILES string of the molecule is C=C(C)C(=O)OCc1ccc(C(C)(C)CC)cc1. The highest BCUT2D eigenvalue weighted by atomic mass is 16.5. The Kier molecular flexibility index (Phi) is 4.71. The molecule has 0 heterocycles. The minimum atomic E-state index is -0.340. The summed E-state index contributed by atoms with van der Waals surface area (Å²) in [6, 6.07) is 8.23. The second kappa shape index (κ2) is 5.85. The lowest BCUT2D eigenvalue weighted by molar-refractivity contribution is -0.140. The van der Waals surface area contributed by atoms with Crippen LogP contribution in [0.15, 0.2) is 36.4 Å². The number of benzene rings is 1.